The fourth-order valence-corrected chi connectivity index (χ4v) is 5.77. The molecule has 0 saturated carbocycles. The van der Waals surface area contributed by atoms with Gasteiger partial charge in [0, 0.05) is 5.56 Å². The minimum Gasteiger partial charge on any atom is -0.403 e. The van der Waals surface area contributed by atoms with Gasteiger partial charge in [0.05, 0.1) is 18.4 Å². The second-order valence-electron chi connectivity index (χ2n) is 11.6. The van der Waals surface area contributed by atoms with Gasteiger partial charge in [-0.05, 0) is 34.7 Å². The number of halogens is 3. The number of benzene rings is 1. The van der Waals surface area contributed by atoms with E-state index in [1.807, 2.05) is 46.5 Å². The molecule has 5 atom stereocenters. The number of phosphoric ester groups is 1. The number of ether oxygens (including phenoxy) is 1. The zero-order valence-electron chi connectivity index (χ0n) is 22.1. The van der Waals surface area contributed by atoms with Crippen molar-refractivity contribution in [2.45, 2.75) is 83.3 Å². The van der Waals surface area contributed by atoms with Gasteiger partial charge in [-0.2, -0.15) is 4.39 Å². The van der Waals surface area contributed by atoms with E-state index in [1.54, 1.807) is 6.07 Å². The third kappa shape index (κ3) is 5.48. The molecular formula is C24H30F3N2O8PS. The highest BCUT2D eigenvalue weighted by atomic mass is 32.1. The van der Waals surface area contributed by atoms with Crippen molar-refractivity contribution in [3.05, 3.63) is 55.7 Å². The molecule has 0 bridgehead atoms. The third-order valence-electron chi connectivity index (χ3n) is 6.49. The number of aromatic nitrogens is 2. The number of fused-ring (bicyclic) bond motifs is 1. The van der Waals surface area contributed by atoms with Gasteiger partial charge in [-0.3, -0.25) is 23.4 Å². The van der Waals surface area contributed by atoms with Crippen LogP contribution in [-0.4, -0.2) is 44.4 Å². The molecule has 0 amide bonds. The first-order chi connectivity index (χ1) is 17.8. The number of hydrogen-bond acceptors (Lipinski definition) is 9. The second kappa shape index (κ2) is 9.79. The monoisotopic (exact) mass is 594 g/mol. The molecule has 10 nitrogen and oxygen atoms in total. The number of aliphatic hydroxyl groups is 2. The van der Waals surface area contributed by atoms with Crippen LogP contribution in [0.25, 0.3) is 0 Å². The van der Waals surface area contributed by atoms with Crippen molar-refractivity contribution in [3.63, 3.8) is 0 Å². The first kappa shape index (κ1) is 29.9. The number of aromatic amines is 1. The third-order valence-corrected chi connectivity index (χ3v) is 8.10. The van der Waals surface area contributed by atoms with Gasteiger partial charge in [0.15, 0.2) is 11.0 Å². The minimum atomic E-state index is -4.59. The molecule has 1 unspecified atom stereocenters. The molecular weight excluding hydrogens is 564 g/mol. The number of phosphoric acid groups is 1. The average Bonchev–Trinajstić information content (AvgIpc) is 3.03. The van der Waals surface area contributed by atoms with Crippen LogP contribution >= 0.6 is 20.0 Å². The first-order valence-electron chi connectivity index (χ1n) is 12.0. The van der Waals surface area contributed by atoms with Crippen molar-refractivity contribution in [2.24, 2.45) is 0 Å². The highest BCUT2D eigenvalue weighted by Gasteiger charge is 2.58. The molecule has 216 valence electrons. The zero-order chi connectivity index (χ0) is 29.3. The maximum Gasteiger partial charge on any atom is 0.530 e. The van der Waals surface area contributed by atoms with E-state index in [0.29, 0.717) is 21.9 Å². The van der Waals surface area contributed by atoms with Gasteiger partial charge in [-0.15, -0.1) is 0 Å². The molecule has 39 heavy (non-hydrogen) atoms. The highest BCUT2D eigenvalue weighted by Crippen LogP contribution is 2.58. The molecule has 1 aromatic carbocycles. The van der Waals surface area contributed by atoms with Crippen LogP contribution < -0.4 is 10.1 Å². The molecule has 3 heterocycles. The van der Waals surface area contributed by atoms with E-state index >= 15 is 8.78 Å². The van der Waals surface area contributed by atoms with Crippen molar-refractivity contribution in [1.82, 2.24) is 9.55 Å². The van der Waals surface area contributed by atoms with Gasteiger partial charge in [0.1, 0.15) is 30.4 Å². The number of nitrogens with zero attached hydrogens (tertiary/aromatic N) is 1. The summed E-state index contributed by atoms with van der Waals surface area (Å²) in [5.74, 6) is -5.14. The van der Waals surface area contributed by atoms with E-state index in [0.717, 1.165) is 0 Å². The van der Waals surface area contributed by atoms with Gasteiger partial charge >= 0.3 is 7.82 Å². The minimum absolute atomic E-state index is 0.0273. The summed E-state index contributed by atoms with van der Waals surface area (Å²) in [7, 11) is -4.59. The Bertz CT molecular complexity index is 1470. The number of H-pyrrole nitrogens is 1. The van der Waals surface area contributed by atoms with Crippen LogP contribution in [0, 0.1) is 16.4 Å². The van der Waals surface area contributed by atoms with Crippen LogP contribution in [0.5, 0.6) is 5.75 Å². The molecule has 2 aromatic rings. The summed E-state index contributed by atoms with van der Waals surface area (Å²) in [6, 6.07) is 1.62. The van der Waals surface area contributed by atoms with E-state index in [1.165, 1.54) is 0 Å². The number of hydrogen-bond donors (Lipinski definition) is 3. The maximum atomic E-state index is 15.7. The van der Waals surface area contributed by atoms with Crippen molar-refractivity contribution in [3.8, 4) is 5.75 Å². The molecule has 2 aliphatic heterocycles. The summed E-state index contributed by atoms with van der Waals surface area (Å²) < 4.78 is 79.6. The molecule has 3 N–H and O–H groups in total. The topological polar surface area (TPSA) is 132 Å². The fraction of sp³-hybridized carbons (Fsp3) is 0.583. The van der Waals surface area contributed by atoms with Crippen LogP contribution in [0.15, 0.2) is 17.1 Å². The van der Waals surface area contributed by atoms with Gasteiger partial charge in [0.2, 0.25) is 5.82 Å². The molecule has 1 aromatic heterocycles. The van der Waals surface area contributed by atoms with Crippen molar-refractivity contribution in [1.29, 1.82) is 0 Å². The summed E-state index contributed by atoms with van der Waals surface area (Å²) >= 11 is 4.91. The van der Waals surface area contributed by atoms with Crippen molar-refractivity contribution in [2.75, 3.05) is 6.61 Å². The van der Waals surface area contributed by atoms with Gasteiger partial charge in [0.25, 0.3) is 11.4 Å². The van der Waals surface area contributed by atoms with Gasteiger partial charge in [-0.1, -0.05) is 41.5 Å². The van der Waals surface area contributed by atoms with E-state index in [9.17, 15) is 24.0 Å². The standard InChI is InChI=1S/C24H30F3N2O8PS/c1-22(2,3)12-7-13(23(4,5)6)17-11(15(12)26)9-34-38(33,37-17)35-10-24(27)18(31)16(30)20(36-24)29-8-14(25)19(32)28-21(29)39/h7-8,16,18,20,30-31H,9-10H2,1-6H3,(H,28,32,39)/t16-,18+,20-,24-,38?/m1/s1. The van der Waals surface area contributed by atoms with E-state index in [2.05, 4.69) is 0 Å². The normalized spacial score (nSPS) is 29.3. The predicted octanol–water partition coefficient (Wildman–Crippen LogP) is 4.43. The molecule has 1 saturated heterocycles. The molecule has 4 rings (SSSR count). The van der Waals surface area contributed by atoms with Crippen LogP contribution in [0.3, 0.4) is 0 Å². The van der Waals surface area contributed by atoms with Crippen LogP contribution in [0.1, 0.15) is 64.5 Å². The molecule has 15 heteroatoms. The van der Waals surface area contributed by atoms with Crippen LogP contribution in [0.4, 0.5) is 13.2 Å². The Balaban J connectivity index is 1.62. The largest absolute Gasteiger partial charge is 0.530 e. The lowest BCUT2D eigenvalue weighted by atomic mass is 9.78. The molecule has 1 fully saturated rings. The lowest BCUT2D eigenvalue weighted by Crippen LogP contribution is -2.43. The smallest absolute Gasteiger partial charge is 0.403 e. The second-order valence-corrected chi connectivity index (χ2v) is 13.5. The average molecular weight is 595 g/mol. The Morgan fingerprint density at radius 3 is 2.41 bits per heavy atom. The lowest BCUT2D eigenvalue weighted by Gasteiger charge is -2.34. The number of rotatable bonds is 4. The van der Waals surface area contributed by atoms with Crippen molar-refractivity contribution < 1.29 is 46.3 Å². The maximum absolute atomic E-state index is 15.7. The summed E-state index contributed by atoms with van der Waals surface area (Å²) in [5.41, 5.74) is -1.35. The summed E-state index contributed by atoms with van der Waals surface area (Å²) in [6.07, 6.45) is -5.47. The Morgan fingerprint density at radius 2 is 1.82 bits per heavy atom. The highest BCUT2D eigenvalue weighted by molar-refractivity contribution is 7.71. The van der Waals surface area contributed by atoms with E-state index in [-0.39, 0.29) is 11.3 Å². The number of aliphatic hydroxyl groups excluding tert-OH is 2. The Labute approximate surface area is 227 Å². The fourth-order valence-electron chi connectivity index (χ4n) is 4.29. The molecule has 2 aliphatic rings. The van der Waals surface area contributed by atoms with Gasteiger partial charge in [-0.25, -0.2) is 13.3 Å². The van der Waals surface area contributed by atoms with Crippen molar-refractivity contribution >= 4 is 20.0 Å². The summed E-state index contributed by atoms with van der Waals surface area (Å²) in [4.78, 5) is 13.4. The Hall–Kier alpha value is -2.06. The molecule has 0 radical (unpaired) electrons. The number of nitrogens with one attached hydrogen (secondary N) is 1. The van der Waals surface area contributed by atoms with Crippen LogP contribution in [-0.2, 0) is 35.8 Å². The van der Waals surface area contributed by atoms with E-state index < -0.39 is 78.1 Å². The summed E-state index contributed by atoms with van der Waals surface area (Å²) in [5, 5.41) is 20.7. The molecule has 0 aliphatic carbocycles. The molecule has 0 spiro atoms. The van der Waals surface area contributed by atoms with Crippen LogP contribution in [0.2, 0.25) is 0 Å². The van der Waals surface area contributed by atoms with Gasteiger partial charge < -0.3 is 19.5 Å². The zero-order valence-corrected chi connectivity index (χ0v) is 23.8. The summed E-state index contributed by atoms with van der Waals surface area (Å²) in [6.45, 7) is 9.30. The van der Waals surface area contributed by atoms with E-state index in [4.69, 9.17) is 30.5 Å². The Morgan fingerprint density at radius 1 is 1.21 bits per heavy atom. The SMILES string of the molecule is CC(C)(C)c1cc(C(C)(C)C)c2c(c1F)COP(=O)(OC[C@@]1(F)O[C@@H](n3cc(F)c(=O)[nH]c3=S)[C@H](O)[C@@H]1O)O2. The lowest BCUT2D eigenvalue weighted by molar-refractivity contribution is -0.205. The first-order valence-corrected chi connectivity index (χ1v) is 13.8. The quantitative estimate of drug-likeness (QED) is 0.348. The Kier molecular flexibility index (Phi) is 7.51. The predicted molar refractivity (Wildman–Crippen MR) is 135 cm³/mol. The number of alkyl halides is 1.